The van der Waals surface area contributed by atoms with Crippen molar-refractivity contribution in [3.05, 3.63) is 35.4 Å². The van der Waals surface area contributed by atoms with E-state index in [1.165, 1.54) is 0 Å². The van der Waals surface area contributed by atoms with Gasteiger partial charge in [-0.15, -0.1) is 11.6 Å². The number of rotatable bonds is 4. The molecule has 0 heterocycles. The number of amides is 1. The smallest absolute Gasteiger partial charge is 0.274 e. The maximum atomic E-state index is 11.3. The fraction of sp³-hybridized carbons (Fsp3) is 0.300. The third kappa shape index (κ3) is 3.01. The molecule has 0 bridgehead atoms. The lowest BCUT2D eigenvalue weighted by molar-refractivity contribution is 0.0364. The highest BCUT2D eigenvalue weighted by molar-refractivity contribution is 6.17. The van der Waals surface area contributed by atoms with Gasteiger partial charge in [0.15, 0.2) is 0 Å². The van der Waals surface area contributed by atoms with Crippen LogP contribution in [-0.2, 0) is 10.7 Å². The van der Waals surface area contributed by atoms with Gasteiger partial charge in [0.25, 0.3) is 5.91 Å². The van der Waals surface area contributed by atoms with Crippen molar-refractivity contribution in [2.24, 2.45) is 0 Å². The quantitative estimate of drug-likeness (QED) is 0.615. The molecule has 0 aliphatic rings. The molecule has 0 aliphatic carbocycles. The summed E-state index contributed by atoms with van der Waals surface area (Å²) in [5.74, 6) is 0.209. The lowest BCUT2D eigenvalue weighted by Gasteiger charge is -2.03. The zero-order valence-electron chi connectivity index (χ0n) is 7.92. The minimum Gasteiger partial charge on any atom is -0.274 e. The summed E-state index contributed by atoms with van der Waals surface area (Å²) in [4.78, 5) is 16.1. The Labute approximate surface area is 88.0 Å². The van der Waals surface area contributed by atoms with Crippen LogP contribution in [0.4, 0.5) is 0 Å². The van der Waals surface area contributed by atoms with Crippen LogP contribution in [0.25, 0.3) is 0 Å². The summed E-state index contributed by atoms with van der Waals surface area (Å²) >= 11 is 5.62. The summed E-state index contributed by atoms with van der Waals surface area (Å²) in [6, 6.07) is 7.06. The molecule has 0 radical (unpaired) electrons. The standard InChI is InChI=1S/C10H12ClNO2/c1-2-14-12-10(13)9-5-3-8(7-11)4-6-9/h3-6H,2,7H2,1H3,(H,12,13). The van der Waals surface area contributed by atoms with E-state index in [0.717, 1.165) is 5.56 Å². The fourth-order valence-corrected chi connectivity index (χ4v) is 1.12. The van der Waals surface area contributed by atoms with Crippen molar-refractivity contribution in [1.29, 1.82) is 0 Å². The van der Waals surface area contributed by atoms with E-state index in [4.69, 9.17) is 16.4 Å². The van der Waals surface area contributed by atoms with Crippen LogP contribution < -0.4 is 5.48 Å². The maximum Gasteiger partial charge on any atom is 0.274 e. The van der Waals surface area contributed by atoms with Crippen LogP contribution in [0.2, 0.25) is 0 Å². The van der Waals surface area contributed by atoms with E-state index in [1.807, 2.05) is 12.1 Å². The van der Waals surface area contributed by atoms with Crippen molar-refractivity contribution >= 4 is 17.5 Å². The van der Waals surface area contributed by atoms with E-state index in [-0.39, 0.29) is 5.91 Å². The second kappa shape index (κ2) is 5.62. The molecule has 0 fully saturated rings. The van der Waals surface area contributed by atoms with E-state index in [1.54, 1.807) is 19.1 Å². The molecule has 0 aromatic heterocycles. The number of hydrogen-bond acceptors (Lipinski definition) is 2. The summed E-state index contributed by atoms with van der Waals surface area (Å²) in [5.41, 5.74) is 3.86. The van der Waals surface area contributed by atoms with Crippen molar-refractivity contribution in [2.75, 3.05) is 6.61 Å². The molecule has 14 heavy (non-hydrogen) atoms. The monoisotopic (exact) mass is 213 g/mol. The Balaban J connectivity index is 2.62. The number of hydrogen-bond donors (Lipinski definition) is 1. The molecule has 0 atom stereocenters. The highest BCUT2D eigenvalue weighted by Crippen LogP contribution is 2.06. The summed E-state index contributed by atoms with van der Waals surface area (Å²) in [5, 5.41) is 0. The zero-order valence-corrected chi connectivity index (χ0v) is 8.67. The molecule has 1 rings (SSSR count). The molecule has 0 saturated heterocycles. The van der Waals surface area contributed by atoms with Gasteiger partial charge in [0.2, 0.25) is 0 Å². The highest BCUT2D eigenvalue weighted by Gasteiger charge is 2.03. The lowest BCUT2D eigenvalue weighted by Crippen LogP contribution is -2.23. The average Bonchev–Trinajstić information content (AvgIpc) is 2.26. The molecule has 4 heteroatoms. The van der Waals surface area contributed by atoms with E-state index in [2.05, 4.69) is 5.48 Å². The molecule has 3 nitrogen and oxygen atoms in total. The van der Waals surface area contributed by atoms with Gasteiger partial charge >= 0.3 is 0 Å². The minimum atomic E-state index is -0.243. The van der Waals surface area contributed by atoms with Gasteiger partial charge in [0.05, 0.1) is 6.61 Å². The van der Waals surface area contributed by atoms with Crippen molar-refractivity contribution in [3.8, 4) is 0 Å². The van der Waals surface area contributed by atoms with Gasteiger partial charge in [-0.25, -0.2) is 5.48 Å². The Morgan fingerprint density at radius 1 is 1.43 bits per heavy atom. The number of hydroxylamine groups is 1. The second-order valence-corrected chi connectivity index (χ2v) is 2.96. The van der Waals surface area contributed by atoms with Crippen LogP contribution in [0.15, 0.2) is 24.3 Å². The van der Waals surface area contributed by atoms with Crippen LogP contribution in [-0.4, -0.2) is 12.5 Å². The average molecular weight is 214 g/mol. The number of carbonyl (C=O) groups excluding carboxylic acids is 1. The topological polar surface area (TPSA) is 38.3 Å². The molecule has 1 aromatic carbocycles. The van der Waals surface area contributed by atoms with Crippen LogP contribution in [0, 0.1) is 0 Å². The molecule has 0 aliphatic heterocycles. The molecule has 76 valence electrons. The molecule has 0 saturated carbocycles. The Kier molecular flexibility index (Phi) is 4.43. The van der Waals surface area contributed by atoms with Gasteiger partial charge in [-0.2, -0.15) is 0 Å². The van der Waals surface area contributed by atoms with Crippen LogP contribution in [0.5, 0.6) is 0 Å². The summed E-state index contributed by atoms with van der Waals surface area (Å²) in [6.07, 6.45) is 0. The Morgan fingerprint density at radius 3 is 2.57 bits per heavy atom. The first-order chi connectivity index (χ1) is 6.77. The molecule has 1 N–H and O–H groups in total. The SMILES string of the molecule is CCONC(=O)c1ccc(CCl)cc1. The number of halogens is 1. The van der Waals surface area contributed by atoms with Gasteiger partial charge in [-0.1, -0.05) is 12.1 Å². The lowest BCUT2D eigenvalue weighted by atomic mass is 10.1. The van der Waals surface area contributed by atoms with E-state index < -0.39 is 0 Å². The molecular formula is C10H12ClNO2. The predicted octanol–water partition coefficient (Wildman–Crippen LogP) is 2.11. The Bertz CT molecular complexity index is 297. The molecule has 1 amide bonds. The highest BCUT2D eigenvalue weighted by atomic mass is 35.5. The Hall–Kier alpha value is -1.06. The van der Waals surface area contributed by atoms with Crippen LogP contribution in [0.3, 0.4) is 0 Å². The number of benzene rings is 1. The molecule has 0 spiro atoms. The van der Waals surface area contributed by atoms with E-state index in [9.17, 15) is 4.79 Å². The number of nitrogens with one attached hydrogen (secondary N) is 1. The molecule has 1 aromatic rings. The number of alkyl halides is 1. The van der Waals surface area contributed by atoms with Crippen molar-refractivity contribution in [1.82, 2.24) is 5.48 Å². The first-order valence-electron chi connectivity index (χ1n) is 4.35. The van der Waals surface area contributed by atoms with Crippen LogP contribution >= 0.6 is 11.6 Å². The largest absolute Gasteiger partial charge is 0.274 e. The van der Waals surface area contributed by atoms with Gasteiger partial charge in [-0.3, -0.25) is 9.63 Å². The number of carbonyl (C=O) groups is 1. The fourth-order valence-electron chi connectivity index (χ4n) is 0.942. The van der Waals surface area contributed by atoms with E-state index in [0.29, 0.717) is 18.1 Å². The minimum absolute atomic E-state index is 0.243. The van der Waals surface area contributed by atoms with Gasteiger partial charge in [0, 0.05) is 11.4 Å². The summed E-state index contributed by atoms with van der Waals surface area (Å²) < 4.78 is 0. The van der Waals surface area contributed by atoms with Gasteiger partial charge in [-0.05, 0) is 24.6 Å². The summed E-state index contributed by atoms with van der Waals surface area (Å²) in [7, 11) is 0. The van der Waals surface area contributed by atoms with Crippen LogP contribution in [0.1, 0.15) is 22.8 Å². The zero-order chi connectivity index (χ0) is 10.4. The van der Waals surface area contributed by atoms with Crippen molar-refractivity contribution in [3.63, 3.8) is 0 Å². The third-order valence-electron chi connectivity index (χ3n) is 1.68. The normalized spacial score (nSPS) is 9.86. The summed E-state index contributed by atoms with van der Waals surface area (Å²) in [6.45, 7) is 2.25. The first-order valence-corrected chi connectivity index (χ1v) is 4.88. The molecule has 0 unspecified atom stereocenters. The third-order valence-corrected chi connectivity index (χ3v) is 1.99. The van der Waals surface area contributed by atoms with Crippen molar-refractivity contribution in [2.45, 2.75) is 12.8 Å². The predicted molar refractivity (Wildman–Crippen MR) is 55.1 cm³/mol. The first kappa shape index (κ1) is 11.0. The second-order valence-electron chi connectivity index (χ2n) is 2.69. The maximum absolute atomic E-state index is 11.3. The van der Waals surface area contributed by atoms with Gasteiger partial charge in [0.1, 0.15) is 0 Å². The molecular weight excluding hydrogens is 202 g/mol. The van der Waals surface area contributed by atoms with Crippen molar-refractivity contribution < 1.29 is 9.63 Å². The Morgan fingerprint density at radius 2 is 2.07 bits per heavy atom. The van der Waals surface area contributed by atoms with Gasteiger partial charge < -0.3 is 0 Å². The van der Waals surface area contributed by atoms with E-state index >= 15 is 0 Å².